The monoisotopic (exact) mass is 265 g/mol. The maximum absolute atomic E-state index is 13.4. The molecule has 2 unspecified atom stereocenters. The van der Waals surface area contributed by atoms with E-state index in [0.29, 0.717) is 11.8 Å². The molecule has 0 spiro atoms. The topological polar surface area (TPSA) is 21.3 Å². The SMILES string of the molecule is CCC(CC1CC1)NC(C)c1ccc(F)c(OC)c1. The molecular formula is C16H24FNO. The quantitative estimate of drug-likeness (QED) is 0.802. The van der Waals surface area contributed by atoms with Gasteiger partial charge in [-0.2, -0.15) is 0 Å². The molecular weight excluding hydrogens is 241 g/mol. The Morgan fingerprint density at radius 3 is 2.74 bits per heavy atom. The number of hydrogen-bond donors (Lipinski definition) is 1. The summed E-state index contributed by atoms with van der Waals surface area (Å²) < 4.78 is 18.4. The first-order valence-electron chi connectivity index (χ1n) is 7.23. The number of hydrogen-bond acceptors (Lipinski definition) is 2. The zero-order chi connectivity index (χ0) is 13.8. The molecule has 1 fully saturated rings. The van der Waals surface area contributed by atoms with Crippen LogP contribution in [-0.2, 0) is 0 Å². The van der Waals surface area contributed by atoms with Gasteiger partial charge in [-0.1, -0.05) is 25.8 Å². The van der Waals surface area contributed by atoms with Gasteiger partial charge in [0.2, 0.25) is 0 Å². The summed E-state index contributed by atoms with van der Waals surface area (Å²) in [6.07, 6.45) is 5.17. The van der Waals surface area contributed by atoms with Gasteiger partial charge in [0.1, 0.15) is 0 Å². The van der Waals surface area contributed by atoms with Crippen LogP contribution >= 0.6 is 0 Å². The molecule has 1 aliphatic rings. The van der Waals surface area contributed by atoms with Crippen LogP contribution in [0.5, 0.6) is 5.75 Å². The smallest absolute Gasteiger partial charge is 0.165 e. The Morgan fingerprint density at radius 2 is 2.16 bits per heavy atom. The number of benzene rings is 1. The molecule has 2 atom stereocenters. The molecule has 19 heavy (non-hydrogen) atoms. The van der Waals surface area contributed by atoms with E-state index in [1.54, 1.807) is 6.07 Å². The van der Waals surface area contributed by atoms with Crippen molar-refractivity contribution in [2.75, 3.05) is 7.11 Å². The van der Waals surface area contributed by atoms with Crippen LogP contribution in [0.2, 0.25) is 0 Å². The van der Waals surface area contributed by atoms with Crippen molar-refractivity contribution in [3.63, 3.8) is 0 Å². The molecule has 0 radical (unpaired) electrons. The number of methoxy groups -OCH3 is 1. The lowest BCUT2D eigenvalue weighted by atomic mass is 10.0. The van der Waals surface area contributed by atoms with Crippen molar-refractivity contribution < 1.29 is 9.13 Å². The van der Waals surface area contributed by atoms with Gasteiger partial charge in [-0.15, -0.1) is 0 Å². The normalized spacial score (nSPS) is 18.1. The molecule has 1 N–H and O–H groups in total. The molecule has 0 amide bonds. The number of halogens is 1. The van der Waals surface area contributed by atoms with Gasteiger partial charge in [-0.05, 0) is 43.4 Å². The summed E-state index contributed by atoms with van der Waals surface area (Å²) in [6, 6.07) is 5.88. The molecule has 2 nitrogen and oxygen atoms in total. The largest absolute Gasteiger partial charge is 0.494 e. The summed E-state index contributed by atoms with van der Waals surface area (Å²) >= 11 is 0. The average Bonchev–Trinajstić information content (AvgIpc) is 3.22. The molecule has 0 heterocycles. The second kappa shape index (κ2) is 6.38. The van der Waals surface area contributed by atoms with E-state index in [9.17, 15) is 4.39 Å². The predicted molar refractivity (Wildman–Crippen MR) is 75.9 cm³/mol. The van der Waals surface area contributed by atoms with Gasteiger partial charge in [0.25, 0.3) is 0 Å². The van der Waals surface area contributed by atoms with Crippen molar-refractivity contribution in [3.05, 3.63) is 29.6 Å². The van der Waals surface area contributed by atoms with Gasteiger partial charge in [-0.25, -0.2) is 4.39 Å². The molecule has 3 heteroatoms. The Hall–Kier alpha value is -1.09. The minimum Gasteiger partial charge on any atom is -0.494 e. The highest BCUT2D eigenvalue weighted by molar-refractivity contribution is 5.32. The van der Waals surface area contributed by atoms with Gasteiger partial charge in [0, 0.05) is 12.1 Å². The lowest BCUT2D eigenvalue weighted by molar-refractivity contribution is 0.380. The van der Waals surface area contributed by atoms with Crippen molar-refractivity contribution in [2.24, 2.45) is 5.92 Å². The highest BCUT2D eigenvalue weighted by Gasteiger charge is 2.25. The zero-order valence-corrected chi connectivity index (χ0v) is 12.1. The molecule has 1 aromatic carbocycles. The minimum absolute atomic E-state index is 0.221. The first-order chi connectivity index (χ1) is 9.13. The number of nitrogens with one attached hydrogen (secondary N) is 1. The predicted octanol–water partition coefficient (Wildman–Crippen LogP) is 4.06. The highest BCUT2D eigenvalue weighted by Crippen LogP contribution is 2.34. The lowest BCUT2D eigenvalue weighted by Gasteiger charge is -2.23. The first-order valence-corrected chi connectivity index (χ1v) is 7.23. The Kier molecular flexibility index (Phi) is 4.81. The molecule has 1 aliphatic carbocycles. The number of rotatable bonds is 7. The fraction of sp³-hybridized carbons (Fsp3) is 0.625. The van der Waals surface area contributed by atoms with Crippen LogP contribution in [0.15, 0.2) is 18.2 Å². The third-order valence-electron chi connectivity index (χ3n) is 3.97. The van der Waals surface area contributed by atoms with Crippen molar-refractivity contribution in [1.82, 2.24) is 5.32 Å². The van der Waals surface area contributed by atoms with E-state index in [1.807, 2.05) is 6.07 Å². The van der Waals surface area contributed by atoms with Gasteiger partial charge in [-0.3, -0.25) is 0 Å². The van der Waals surface area contributed by atoms with E-state index in [1.165, 1.54) is 32.4 Å². The molecule has 0 aromatic heterocycles. The van der Waals surface area contributed by atoms with Gasteiger partial charge >= 0.3 is 0 Å². The fourth-order valence-corrected chi connectivity index (χ4v) is 2.50. The van der Waals surface area contributed by atoms with Crippen LogP contribution in [0.3, 0.4) is 0 Å². The second-order valence-corrected chi connectivity index (χ2v) is 5.57. The van der Waals surface area contributed by atoms with Gasteiger partial charge in [0.05, 0.1) is 7.11 Å². The van der Waals surface area contributed by atoms with Crippen LogP contribution in [-0.4, -0.2) is 13.2 Å². The first kappa shape index (κ1) is 14.3. The Bertz CT molecular complexity index is 417. The van der Waals surface area contributed by atoms with Gasteiger partial charge in [0.15, 0.2) is 11.6 Å². The fourth-order valence-electron chi connectivity index (χ4n) is 2.50. The van der Waals surface area contributed by atoms with E-state index in [0.717, 1.165) is 17.9 Å². The Morgan fingerprint density at radius 1 is 1.42 bits per heavy atom. The van der Waals surface area contributed by atoms with E-state index in [4.69, 9.17) is 4.74 Å². The van der Waals surface area contributed by atoms with E-state index >= 15 is 0 Å². The average molecular weight is 265 g/mol. The van der Waals surface area contributed by atoms with Gasteiger partial charge < -0.3 is 10.1 Å². The Balaban J connectivity index is 1.99. The van der Waals surface area contributed by atoms with Crippen molar-refractivity contribution in [2.45, 2.75) is 51.6 Å². The molecule has 0 aliphatic heterocycles. The maximum atomic E-state index is 13.4. The summed E-state index contributed by atoms with van der Waals surface area (Å²) in [7, 11) is 1.50. The standard InChI is InChI=1S/C16H24FNO/c1-4-14(9-12-5-6-12)18-11(2)13-7-8-15(17)16(10-13)19-3/h7-8,10-12,14,18H,4-6,9H2,1-3H3. The second-order valence-electron chi connectivity index (χ2n) is 5.57. The van der Waals surface area contributed by atoms with Crippen molar-refractivity contribution >= 4 is 0 Å². The van der Waals surface area contributed by atoms with Crippen LogP contribution in [0, 0.1) is 11.7 Å². The zero-order valence-electron chi connectivity index (χ0n) is 12.1. The van der Waals surface area contributed by atoms with E-state index < -0.39 is 0 Å². The lowest BCUT2D eigenvalue weighted by Crippen LogP contribution is -2.31. The molecule has 0 bridgehead atoms. The summed E-state index contributed by atoms with van der Waals surface area (Å²) in [4.78, 5) is 0. The maximum Gasteiger partial charge on any atom is 0.165 e. The minimum atomic E-state index is -0.302. The van der Waals surface area contributed by atoms with Crippen LogP contribution in [0.25, 0.3) is 0 Å². The third-order valence-corrected chi connectivity index (χ3v) is 3.97. The number of ether oxygens (including phenoxy) is 1. The Labute approximate surface area is 115 Å². The van der Waals surface area contributed by atoms with Crippen LogP contribution < -0.4 is 10.1 Å². The summed E-state index contributed by atoms with van der Waals surface area (Å²) in [6.45, 7) is 4.35. The third kappa shape index (κ3) is 3.93. The molecule has 2 rings (SSSR count). The molecule has 106 valence electrons. The summed E-state index contributed by atoms with van der Waals surface area (Å²) in [5, 5.41) is 3.65. The summed E-state index contributed by atoms with van der Waals surface area (Å²) in [5.74, 6) is 0.942. The van der Waals surface area contributed by atoms with E-state index in [2.05, 4.69) is 19.2 Å². The highest BCUT2D eigenvalue weighted by atomic mass is 19.1. The molecule has 0 saturated heterocycles. The van der Waals surface area contributed by atoms with E-state index in [-0.39, 0.29) is 11.9 Å². The summed E-state index contributed by atoms with van der Waals surface area (Å²) in [5.41, 5.74) is 1.08. The van der Waals surface area contributed by atoms with Crippen molar-refractivity contribution in [3.8, 4) is 5.75 Å². The van der Waals surface area contributed by atoms with Crippen LogP contribution in [0.1, 0.15) is 51.1 Å². The molecule has 1 saturated carbocycles. The molecule has 1 aromatic rings. The van der Waals surface area contributed by atoms with Crippen LogP contribution in [0.4, 0.5) is 4.39 Å². The van der Waals surface area contributed by atoms with Crippen molar-refractivity contribution in [1.29, 1.82) is 0 Å².